The van der Waals surface area contributed by atoms with Gasteiger partial charge in [0, 0.05) is 18.7 Å². The molecule has 1 aliphatic heterocycles. The van der Waals surface area contributed by atoms with E-state index in [9.17, 15) is 14.9 Å². The largest absolute Gasteiger partial charge is 0.444 e. The monoisotopic (exact) mass is 366 g/mol. The van der Waals surface area contributed by atoms with Crippen LogP contribution < -0.4 is 11.1 Å². The molecule has 1 aromatic rings. The molecule has 1 amide bonds. The molecule has 3 N–H and O–H groups in total. The molecule has 25 heavy (non-hydrogen) atoms. The predicted molar refractivity (Wildman–Crippen MR) is 99.7 cm³/mol. The number of hydrogen-bond acceptors (Lipinski definition) is 6. The molecule has 1 heterocycles. The van der Waals surface area contributed by atoms with E-state index in [0.29, 0.717) is 29.3 Å². The summed E-state index contributed by atoms with van der Waals surface area (Å²) >= 11 is 5.42. The summed E-state index contributed by atoms with van der Waals surface area (Å²) in [6.07, 6.45) is 1.07. The van der Waals surface area contributed by atoms with Crippen molar-refractivity contribution in [3.63, 3.8) is 0 Å². The van der Waals surface area contributed by atoms with E-state index in [0.717, 1.165) is 6.42 Å². The fraction of sp³-hybridized carbons (Fsp3) is 0.500. The van der Waals surface area contributed by atoms with E-state index in [1.807, 2.05) is 0 Å². The first kappa shape index (κ1) is 18.9. The smallest absolute Gasteiger partial charge is 0.410 e. The zero-order valence-electron chi connectivity index (χ0n) is 14.4. The Balaban J connectivity index is 2.13. The van der Waals surface area contributed by atoms with Gasteiger partial charge in [0.05, 0.1) is 22.3 Å². The van der Waals surface area contributed by atoms with Crippen molar-refractivity contribution in [2.24, 2.45) is 0 Å². The molecule has 1 atom stereocenters. The number of nitrogens with two attached hydrogens (primary N) is 1. The fourth-order valence-corrected chi connectivity index (χ4v) is 2.92. The Labute approximate surface area is 151 Å². The molecule has 0 saturated carbocycles. The van der Waals surface area contributed by atoms with Crippen LogP contribution in [-0.4, -0.2) is 39.1 Å². The van der Waals surface area contributed by atoms with Crippen LogP contribution in [0.1, 0.15) is 33.6 Å². The van der Waals surface area contributed by atoms with Crippen molar-refractivity contribution in [1.82, 2.24) is 4.90 Å². The molecule has 8 nitrogen and oxygen atoms in total. The van der Waals surface area contributed by atoms with Gasteiger partial charge < -0.3 is 15.8 Å². The molecule has 0 bridgehead atoms. The Hall–Kier alpha value is -2.42. The van der Waals surface area contributed by atoms with Crippen LogP contribution in [0.4, 0.5) is 21.9 Å². The first-order valence-corrected chi connectivity index (χ1v) is 8.34. The van der Waals surface area contributed by atoms with E-state index in [1.54, 1.807) is 25.7 Å². The Morgan fingerprint density at radius 1 is 1.48 bits per heavy atom. The standard InChI is InChI=1S/C16H22N4O4S/c1-16(2,3)24-15(21)19-8-4-5-13(19)14(25)18-12-9-10(20(22)23)6-7-11(12)17/h6-7,9,13H,4-5,8,17H2,1-3H3,(H,18,25)/t13-/m0/s1. The summed E-state index contributed by atoms with van der Waals surface area (Å²) in [5, 5.41) is 13.9. The highest BCUT2D eigenvalue weighted by Crippen LogP contribution is 2.27. The summed E-state index contributed by atoms with van der Waals surface area (Å²) in [6.45, 7) is 5.95. The molecule has 0 aromatic heterocycles. The average molecular weight is 366 g/mol. The van der Waals surface area contributed by atoms with Crippen LogP contribution in [0.2, 0.25) is 0 Å². The van der Waals surface area contributed by atoms with Crippen LogP contribution in [0.25, 0.3) is 0 Å². The number of carbonyl (C=O) groups excluding carboxylic acids is 1. The van der Waals surface area contributed by atoms with Crippen molar-refractivity contribution in [2.45, 2.75) is 45.3 Å². The minimum atomic E-state index is -0.594. The second-order valence-corrected chi connectivity index (χ2v) is 7.29. The maximum Gasteiger partial charge on any atom is 0.410 e. The molecule has 1 saturated heterocycles. The van der Waals surface area contributed by atoms with E-state index >= 15 is 0 Å². The second-order valence-electron chi connectivity index (χ2n) is 6.85. The number of ether oxygens (including phenoxy) is 1. The SMILES string of the molecule is CC(C)(C)OC(=O)N1CCC[C@H]1C(=S)Nc1cc([N+](=O)[O-])ccc1N. The molecule has 136 valence electrons. The molecule has 0 radical (unpaired) electrons. The van der Waals surface area contributed by atoms with E-state index in [4.69, 9.17) is 22.7 Å². The van der Waals surface area contributed by atoms with Gasteiger partial charge in [-0.15, -0.1) is 0 Å². The first-order chi connectivity index (χ1) is 11.6. The number of carbonyl (C=O) groups is 1. The number of hydrogen-bond donors (Lipinski definition) is 2. The summed E-state index contributed by atoms with van der Waals surface area (Å²) in [4.78, 5) is 24.7. The molecule has 1 aliphatic rings. The summed E-state index contributed by atoms with van der Waals surface area (Å²) in [5.74, 6) is 0. The summed E-state index contributed by atoms with van der Waals surface area (Å²) in [6, 6.07) is 3.77. The van der Waals surface area contributed by atoms with Gasteiger partial charge in [-0.2, -0.15) is 0 Å². The molecule has 0 aliphatic carbocycles. The summed E-state index contributed by atoms with van der Waals surface area (Å²) in [5.41, 5.74) is 5.88. The van der Waals surface area contributed by atoms with E-state index in [1.165, 1.54) is 18.2 Å². The van der Waals surface area contributed by atoms with Gasteiger partial charge in [0.2, 0.25) is 0 Å². The van der Waals surface area contributed by atoms with Gasteiger partial charge in [0.1, 0.15) is 10.6 Å². The zero-order valence-corrected chi connectivity index (χ0v) is 15.3. The summed E-state index contributed by atoms with van der Waals surface area (Å²) in [7, 11) is 0. The maximum atomic E-state index is 12.3. The lowest BCUT2D eigenvalue weighted by atomic mass is 10.2. The lowest BCUT2D eigenvalue weighted by molar-refractivity contribution is -0.384. The number of anilines is 2. The molecule has 1 fully saturated rings. The third-order valence-electron chi connectivity index (χ3n) is 3.69. The van der Waals surface area contributed by atoms with E-state index < -0.39 is 16.6 Å². The molecular weight excluding hydrogens is 344 g/mol. The van der Waals surface area contributed by atoms with Crippen LogP contribution in [0.5, 0.6) is 0 Å². The maximum absolute atomic E-state index is 12.3. The van der Waals surface area contributed by atoms with Crippen LogP contribution in [0, 0.1) is 10.1 Å². The van der Waals surface area contributed by atoms with E-state index in [2.05, 4.69) is 5.32 Å². The van der Waals surface area contributed by atoms with Gasteiger partial charge in [0.15, 0.2) is 0 Å². The highest BCUT2D eigenvalue weighted by Gasteiger charge is 2.34. The number of thiocarbonyl (C=S) groups is 1. The van der Waals surface area contributed by atoms with Crippen molar-refractivity contribution >= 4 is 40.4 Å². The highest BCUT2D eigenvalue weighted by atomic mass is 32.1. The normalized spacial score (nSPS) is 17.2. The molecule has 2 rings (SSSR count). The highest BCUT2D eigenvalue weighted by molar-refractivity contribution is 7.80. The number of nitrogens with one attached hydrogen (secondary N) is 1. The van der Waals surface area contributed by atoms with Gasteiger partial charge in [-0.3, -0.25) is 15.0 Å². The minimum absolute atomic E-state index is 0.0880. The van der Waals surface area contributed by atoms with Crippen LogP contribution >= 0.6 is 12.2 Å². The van der Waals surface area contributed by atoms with Crippen molar-refractivity contribution in [1.29, 1.82) is 0 Å². The van der Waals surface area contributed by atoms with Gasteiger partial charge in [-0.1, -0.05) is 12.2 Å². The lowest BCUT2D eigenvalue weighted by Gasteiger charge is -2.29. The number of nitrogen functional groups attached to an aromatic ring is 1. The fourth-order valence-electron chi connectivity index (χ4n) is 2.56. The molecule has 0 spiro atoms. The minimum Gasteiger partial charge on any atom is -0.444 e. The van der Waals surface area contributed by atoms with Gasteiger partial charge in [-0.25, -0.2) is 4.79 Å². The van der Waals surface area contributed by atoms with Crippen molar-refractivity contribution < 1.29 is 14.5 Å². The van der Waals surface area contributed by atoms with Crippen LogP contribution in [0.15, 0.2) is 18.2 Å². The number of nitro benzene ring substituents is 1. The Morgan fingerprint density at radius 3 is 2.76 bits per heavy atom. The Kier molecular flexibility index (Phi) is 5.46. The predicted octanol–water partition coefficient (Wildman–Crippen LogP) is 3.32. The quantitative estimate of drug-likeness (QED) is 0.365. The molecular formula is C16H22N4O4S. The zero-order chi connectivity index (χ0) is 18.8. The van der Waals surface area contributed by atoms with Gasteiger partial charge in [-0.05, 0) is 39.7 Å². The van der Waals surface area contributed by atoms with Crippen LogP contribution in [-0.2, 0) is 4.74 Å². The van der Waals surface area contributed by atoms with Crippen molar-refractivity contribution in [3.8, 4) is 0 Å². The number of rotatable bonds is 3. The van der Waals surface area contributed by atoms with E-state index in [-0.39, 0.29) is 11.7 Å². The number of nitrogens with zero attached hydrogens (tertiary/aromatic N) is 2. The van der Waals surface area contributed by atoms with Crippen molar-refractivity contribution in [3.05, 3.63) is 28.3 Å². The lowest BCUT2D eigenvalue weighted by Crippen LogP contribution is -2.44. The topological polar surface area (TPSA) is 111 Å². The molecule has 9 heteroatoms. The van der Waals surface area contributed by atoms with Gasteiger partial charge in [0.25, 0.3) is 5.69 Å². The van der Waals surface area contributed by atoms with Gasteiger partial charge >= 0.3 is 6.09 Å². The second kappa shape index (κ2) is 7.22. The summed E-state index contributed by atoms with van der Waals surface area (Å²) < 4.78 is 5.41. The number of likely N-dealkylation sites (tertiary alicyclic amines) is 1. The number of amides is 1. The molecule has 0 unspecified atom stereocenters. The third-order valence-corrected chi connectivity index (χ3v) is 4.06. The third kappa shape index (κ3) is 4.79. The number of nitro groups is 1. The first-order valence-electron chi connectivity index (χ1n) is 7.93. The van der Waals surface area contributed by atoms with Crippen LogP contribution in [0.3, 0.4) is 0 Å². The molecule has 1 aromatic carbocycles. The van der Waals surface area contributed by atoms with Crippen molar-refractivity contribution in [2.75, 3.05) is 17.6 Å². The number of non-ortho nitro benzene ring substituents is 1. The Morgan fingerprint density at radius 2 is 2.16 bits per heavy atom. The Bertz CT molecular complexity index is 702. The average Bonchev–Trinajstić information content (AvgIpc) is 2.97. The number of benzene rings is 1.